The van der Waals surface area contributed by atoms with Gasteiger partial charge in [-0.25, -0.2) is 9.59 Å². The number of hydrogen-bond donors (Lipinski definition) is 1. The number of hydrogen-bond acceptors (Lipinski definition) is 3. The second kappa shape index (κ2) is 19.1. The third kappa shape index (κ3) is 10.9. The Balaban J connectivity index is 1.51. The van der Waals surface area contributed by atoms with E-state index in [4.69, 9.17) is 0 Å². The first-order valence-corrected chi connectivity index (χ1v) is 17.9. The summed E-state index contributed by atoms with van der Waals surface area (Å²) in [7, 11) is 0. The first kappa shape index (κ1) is 36.0. The molecule has 0 unspecified atom stereocenters. The van der Waals surface area contributed by atoms with E-state index in [1.807, 2.05) is 75.4 Å². The Kier molecular flexibility index (Phi) is 14.6. The van der Waals surface area contributed by atoms with Crippen LogP contribution in [0.25, 0.3) is 0 Å². The number of nitrogens with zero attached hydrogens (tertiary/aromatic N) is 4. The summed E-state index contributed by atoms with van der Waals surface area (Å²) in [5, 5.41) is 3.64. The molecule has 7 nitrogen and oxygen atoms in total. The molecule has 1 aliphatic heterocycles. The quantitative estimate of drug-likeness (QED) is 0.160. The maximum atomic E-state index is 14.5. The fraction of sp³-hybridized carbons (Fsp3) is 0.500. The number of anilines is 2. The normalized spacial score (nSPS) is 14.7. The predicted molar refractivity (Wildman–Crippen MR) is 196 cm³/mol. The Morgan fingerprint density at radius 2 is 1.32 bits per heavy atom. The summed E-state index contributed by atoms with van der Waals surface area (Å²) in [6.45, 7) is 13.5. The molecule has 7 heteroatoms. The van der Waals surface area contributed by atoms with Crippen LogP contribution < -0.4 is 10.2 Å². The van der Waals surface area contributed by atoms with Crippen LogP contribution in [0.2, 0.25) is 0 Å². The minimum Gasteiger partial charge on any atom is -0.325 e. The summed E-state index contributed by atoms with van der Waals surface area (Å²) in [6, 6.07) is 26.5. The molecule has 4 rings (SSSR count). The van der Waals surface area contributed by atoms with E-state index in [0.717, 1.165) is 88.9 Å². The van der Waals surface area contributed by atoms with Gasteiger partial charge in [0.15, 0.2) is 0 Å². The molecule has 3 aromatic rings. The summed E-state index contributed by atoms with van der Waals surface area (Å²) >= 11 is 0. The SMILES string of the molecule is CCCCCN(CCCCC)C(=O)N1CCN(C(=O)N(c2ccccc2)c2ccccc2)[C@@H](CCNCCc2cc(C)cc(C)c2)C1. The molecular formula is C40H57N5O2. The fourth-order valence-electron chi connectivity index (χ4n) is 6.63. The van der Waals surface area contributed by atoms with Crippen molar-refractivity contribution < 1.29 is 9.59 Å². The lowest BCUT2D eigenvalue weighted by atomic mass is 10.0. The monoisotopic (exact) mass is 639 g/mol. The summed E-state index contributed by atoms with van der Waals surface area (Å²) in [6.07, 6.45) is 8.32. The number of piperazine rings is 1. The molecule has 1 aliphatic rings. The predicted octanol–water partition coefficient (Wildman–Crippen LogP) is 8.57. The number of amides is 4. The minimum absolute atomic E-state index is 0.0440. The fourth-order valence-corrected chi connectivity index (χ4v) is 6.63. The van der Waals surface area contributed by atoms with Crippen LogP contribution in [-0.2, 0) is 6.42 Å². The highest BCUT2D eigenvalue weighted by Gasteiger charge is 2.36. The number of carbonyl (C=O) groups excluding carboxylic acids is 2. The van der Waals surface area contributed by atoms with E-state index in [1.54, 1.807) is 0 Å². The van der Waals surface area contributed by atoms with E-state index < -0.39 is 0 Å². The van der Waals surface area contributed by atoms with E-state index in [-0.39, 0.29) is 18.1 Å². The van der Waals surface area contributed by atoms with E-state index in [9.17, 15) is 9.59 Å². The van der Waals surface area contributed by atoms with Crippen LogP contribution in [-0.4, -0.2) is 78.6 Å². The van der Waals surface area contributed by atoms with Crippen molar-refractivity contribution in [2.45, 2.75) is 85.1 Å². The molecule has 3 aromatic carbocycles. The van der Waals surface area contributed by atoms with E-state index in [0.29, 0.717) is 19.6 Å². The van der Waals surface area contributed by atoms with Crippen molar-refractivity contribution in [1.82, 2.24) is 20.0 Å². The molecule has 47 heavy (non-hydrogen) atoms. The molecule has 0 spiro atoms. The first-order valence-electron chi connectivity index (χ1n) is 17.9. The Morgan fingerprint density at radius 3 is 1.87 bits per heavy atom. The van der Waals surface area contributed by atoms with Crippen molar-refractivity contribution in [3.63, 3.8) is 0 Å². The third-order valence-corrected chi connectivity index (χ3v) is 9.08. The van der Waals surface area contributed by atoms with Crippen LogP contribution in [0.15, 0.2) is 78.9 Å². The van der Waals surface area contributed by atoms with Gasteiger partial charge in [-0.3, -0.25) is 4.90 Å². The molecule has 0 bridgehead atoms. The van der Waals surface area contributed by atoms with Crippen molar-refractivity contribution >= 4 is 23.4 Å². The summed E-state index contributed by atoms with van der Waals surface area (Å²) < 4.78 is 0. The zero-order valence-corrected chi connectivity index (χ0v) is 29.3. The highest BCUT2D eigenvalue weighted by molar-refractivity contribution is 5.99. The number of rotatable bonds is 16. The van der Waals surface area contributed by atoms with Crippen LogP contribution in [0, 0.1) is 13.8 Å². The second-order valence-electron chi connectivity index (χ2n) is 13.1. The lowest BCUT2D eigenvalue weighted by Crippen LogP contribution is -2.61. The first-order chi connectivity index (χ1) is 22.9. The minimum atomic E-state index is -0.100. The van der Waals surface area contributed by atoms with Crippen LogP contribution in [0.4, 0.5) is 21.0 Å². The Bertz CT molecular complexity index is 1300. The number of aryl methyl sites for hydroxylation is 2. The number of nitrogens with one attached hydrogen (secondary N) is 1. The van der Waals surface area contributed by atoms with Crippen molar-refractivity contribution in [2.75, 3.05) is 50.7 Å². The molecule has 0 aromatic heterocycles. The molecule has 0 saturated carbocycles. The average molecular weight is 640 g/mol. The highest BCUT2D eigenvalue weighted by Crippen LogP contribution is 2.28. The van der Waals surface area contributed by atoms with Gasteiger partial charge in [0.25, 0.3) is 0 Å². The van der Waals surface area contributed by atoms with Gasteiger partial charge in [0.05, 0.1) is 17.4 Å². The zero-order valence-electron chi connectivity index (χ0n) is 29.3. The molecule has 254 valence electrons. The van der Waals surface area contributed by atoms with Crippen molar-refractivity contribution in [1.29, 1.82) is 0 Å². The number of benzene rings is 3. The maximum Gasteiger partial charge on any atom is 0.329 e. The van der Waals surface area contributed by atoms with Gasteiger partial charge < -0.3 is 20.0 Å². The molecule has 0 radical (unpaired) electrons. The van der Waals surface area contributed by atoms with Crippen LogP contribution in [0.3, 0.4) is 0 Å². The van der Waals surface area contributed by atoms with Gasteiger partial charge in [-0.1, -0.05) is 105 Å². The van der Waals surface area contributed by atoms with Crippen LogP contribution >= 0.6 is 0 Å². The molecule has 1 saturated heterocycles. The number of urea groups is 2. The van der Waals surface area contributed by atoms with Gasteiger partial charge in [0.1, 0.15) is 0 Å². The van der Waals surface area contributed by atoms with Crippen LogP contribution in [0.1, 0.15) is 75.5 Å². The van der Waals surface area contributed by atoms with E-state index in [2.05, 4.69) is 56.1 Å². The van der Waals surface area contributed by atoms with Gasteiger partial charge in [-0.15, -0.1) is 0 Å². The van der Waals surface area contributed by atoms with Crippen molar-refractivity contribution in [2.24, 2.45) is 0 Å². The zero-order chi connectivity index (χ0) is 33.4. The molecular weight excluding hydrogens is 582 g/mol. The lowest BCUT2D eigenvalue weighted by Gasteiger charge is -2.44. The molecule has 0 aliphatic carbocycles. The maximum absolute atomic E-state index is 14.5. The van der Waals surface area contributed by atoms with Crippen LogP contribution in [0.5, 0.6) is 0 Å². The second-order valence-corrected chi connectivity index (χ2v) is 13.1. The van der Waals surface area contributed by atoms with Gasteiger partial charge in [0.2, 0.25) is 0 Å². The summed E-state index contributed by atoms with van der Waals surface area (Å²) in [4.78, 5) is 36.4. The topological polar surface area (TPSA) is 59.1 Å². The van der Waals surface area contributed by atoms with Gasteiger partial charge >= 0.3 is 12.1 Å². The summed E-state index contributed by atoms with van der Waals surface area (Å²) in [5.41, 5.74) is 5.60. The Labute approximate surface area is 283 Å². The van der Waals surface area contributed by atoms with E-state index >= 15 is 0 Å². The largest absolute Gasteiger partial charge is 0.329 e. The summed E-state index contributed by atoms with van der Waals surface area (Å²) in [5.74, 6) is 0. The van der Waals surface area contributed by atoms with Gasteiger partial charge in [-0.2, -0.15) is 0 Å². The molecule has 1 fully saturated rings. The van der Waals surface area contributed by atoms with Crippen molar-refractivity contribution in [3.05, 3.63) is 95.6 Å². The number of unbranched alkanes of at least 4 members (excludes halogenated alkanes) is 4. The van der Waals surface area contributed by atoms with Gasteiger partial charge in [-0.05, 0) is 82.4 Å². The molecule has 4 amide bonds. The average Bonchev–Trinajstić information content (AvgIpc) is 3.08. The van der Waals surface area contributed by atoms with Crippen molar-refractivity contribution in [3.8, 4) is 0 Å². The molecule has 1 N–H and O–H groups in total. The number of carbonyl (C=O) groups is 2. The standard InChI is InChI=1S/C40H57N5O2/c1-5-7-15-25-42(26-16-8-6-2)39(46)43-27-28-44(38(32-43)22-24-41-23-21-35-30-33(3)29-34(4)31-35)40(47)45(36-17-11-9-12-18-36)37-19-13-10-14-20-37/h9-14,17-20,29-31,38,41H,5-8,15-16,21-28,32H2,1-4H3/t38-/m0/s1. The third-order valence-electron chi connectivity index (χ3n) is 9.08. The number of para-hydroxylation sites is 2. The Morgan fingerprint density at radius 1 is 0.745 bits per heavy atom. The van der Waals surface area contributed by atoms with Gasteiger partial charge in [0, 0.05) is 32.7 Å². The smallest absolute Gasteiger partial charge is 0.325 e. The lowest BCUT2D eigenvalue weighted by molar-refractivity contribution is 0.0880. The molecule has 1 atom stereocenters. The van der Waals surface area contributed by atoms with E-state index in [1.165, 1.54) is 16.7 Å². The Hall–Kier alpha value is -3.84. The highest BCUT2D eigenvalue weighted by atomic mass is 16.2. The molecule has 1 heterocycles.